The van der Waals surface area contributed by atoms with E-state index in [4.69, 9.17) is 9.47 Å². The molecule has 3 N–H and O–H groups in total. The number of rotatable bonds is 9. The lowest BCUT2D eigenvalue weighted by atomic mass is 9.98. The Morgan fingerprint density at radius 3 is 2.38 bits per heavy atom. The van der Waals surface area contributed by atoms with E-state index in [1.807, 2.05) is 36.4 Å². The second-order valence-electron chi connectivity index (χ2n) is 8.42. The third-order valence-electron chi connectivity index (χ3n) is 6.27. The molecule has 1 heterocycles. The highest BCUT2D eigenvalue weighted by Gasteiger charge is 2.37. The van der Waals surface area contributed by atoms with Crippen LogP contribution in [-0.2, 0) is 19.1 Å². The van der Waals surface area contributed by atoms with Crippen LogP contribution in [0.4, 0.5) is 4.79 Å². The van der Waals surface area contributed by atoms with Crippen LogP contribution in [0, 0.1) is 0 Å². The molecule has 8 heteroatoms. The molecule has 0 radical (unpaired) electrons. The molecule has 2 amide bonds. The number of carboxylic acids is 1. The standard InChI is InChI=1S/C26H28N2O6/c1-2-3-12-22(25(30)31)27-24(29)23-21(13-14-33-23)28-26(32)34-15-20-18-10-6-4-8-16(18)17-9-5-7-11-19(17)20/h2,4-11,20-23H,1,3,12-15H2,(H,27,29)(H,28,32)(H,30,31). The maximum Gasteiger partial charge on any atom is 0.407 e. The fourth-order valence-corrected chi connectivity index (χ4v) is 4.58. The molecule has 4 rings (SSSR count). The zero-order valence-electron chi connectivity index (χ0n) is 18.7. The van der Waals surface area contributed by atoms with E-state index in [0.717, 1.165) is 22.3 Å². The zero-order valence-corrected chi connectivity index (χ0v) is 18.7. The number of nitrogens with one attached hydrogen (secondary N) is 2. The average Bonchev–Trinajstić information content (AvgIpc) is 3.42. The third-order valence-corrected chi connectivity index (χ3v) is 6.27. The van der Waals surface area contributed by atoms with Crippen molar-refractivity contribution in [2.75, 3.05) is 13.2 Å². The topological polar surface area (TPSA) is 114 Å². The van der Waals surface area contributed by atoms with Gasteiger partial charge >= 0.3 is 12.1 Å². The highest BCUT2D eigenvalue weighted by Crippen LogP contribution is 2.44. The van der Waals surface area contributed by atoms with Crippen LogP contribution in [0.25, 0.3) is 11.1 Å². The Hall–Kier alpha value is -3.65. The molecule has 1 aliphatic heterocycles. The third kappa shape index (κ3) is 4.97. The minimum atomic E-state index is -1.13. The van der Waals surface area contributed by atoms with E-state index < -0.39 is 36.2 Å². The lowest BCUT2D eigenvalue weighted by Crippen LogP contribution is -2.52. The molecule has 2 aromatic rings. The molecule has 0 bridgehead atoms. The van der Waals surface area contributed by atoms with Crippen LogP contribution in [-0.4, -0.2) is 54.5 Å². The number of benzene rings is 2. The molecule has 1 fully saturated rings. The lowest BCUT2D eigenvalue weighted by molar-refractivity contribution is -0.144. The van der Waals surface area contributed by atoms with Crippen molar-refractivity contribution in [3.8, 4) is 11.1 Å². The van der Waals surface area contributed by atoms with Crippen LogP contribution < -0.4 is 10.6 Å². The summed E-state index contributed by atoms with van der Waals surface area (Å²) in [6.07, 6.45) is 1.07. The van der Waals surface area contributed by atoms with E-state index in [0.29, 0.717) is 12.8 Å². The van der Waals surface area contributed by atoms with Crippen molar-refractivity contribution in [3.05, 3.63) is 72.3 Å². The van der Waals surface area contributed by atoms with E-state index in [9.17, 15) is 19.5 Å². The van der Waals surface area contributed by atoms with Gasteiger partial charge in [0.1, 0.15) is 12.6 Å². The minimum Gasteiger partial charge on any atom is -0.480 e. The highest BCUT2D eigenvalue weighted by atomic mass is 16.6. The first-order valence-corrected chi connectivity index (χ1v) is 11.4. The van der Waals surface area contributed by atoms with Gasteiger partial charge in [-0.3, -0.25) is 4.79 Å². The maximum absolute atomic E-state index is 12.6. The van der Waals surface area contributed by atoms with Gasteiger partial charge in [0, 0.05) is 12.5 Å². The molecule has 8 nitrogen and oxygen atoms in total. The predicted molar refractivity (Wildman–Crippen MR) is 125 cm³/mol. The Morgan fingerprint density at radius 2 is 1.76 bits per heavy atom. The van der Waals surface area contributed by atoms with E-state index in [1.165, 1.54) is 0 Å². The normalized spacial score (nSPS) is 19.5. The molecule has 0 spiro atoms. The zero-order chi connectivity index (χ0) is 24.1. The molecule has 3 atom stereocenters. The summed E-state index contributed by atoms with van der Waals surface area (Å²) in [7, 11) is 0. The molecular formula is C26H28N2O6. The monoisotopic (exact) mass is 464 g/mol. The number of hydrogen-bond acceptors (Lipinski definition) is 5. The Balaban J connectivity index is 1.35. The predicted octanol–water partition coefficient (Wildman–Crippen LogP) is 3.22. The van der Waals surface area contributed by atoms with Crippen molar-refractivity contribution >= 4 is 18.0 Å². The highest BCUT2D eigenvalue weighted by molar-refractivity contribution is 5.87. The summed E-state index contributed by atoms with van der Waals surface area (Å²) >= 11 is 0. The number of allylic oxidation sites excluding steroid dienone is 1. The Kier molecular flexibility index (Phi) is 7.27. The van der Waals surface area contributed by atoms with Crippen molar-refractivity contribution in [2.24, 2.45) is 0 Å². The molecule has 3 unspecified atom stereocenters. The number of carbonyl (C=O) groups excluding carboxylic acids is 2. The van der Waals surface area contributed by atoms with Crippen LogP contribution in [0.15, 0.2) is 61.2 Å². The Morgan fingerprint density at radius 1 is 1.12 bits per heavy atom. The van der Waals surface area contributed by atoms with Crippen LogP contribution >= 0.6 is 0 Å². The summed E-state index contributed by atoms with van der Waals surface area (Å²) in [5.74, 6) is -1.77. The SMILES string of the molecule is C=CCCC(NC(=O)C1OCCC1NC(=O)OCC1c2ccccc2-c2ccccc21)C(=O)O. The second-order valence-corrected chi connectivity index (χ2v) is 8.42. The second kappa shape index (κ2) is 10.5. The minimum absolute atomic E-state index is 0.0711. The molecular weight excluding hydrogens is 436 g/mol. The number of carboxylic acid groups (broad SMARTS) is 1. The Labute approximate surface area is 198 Å². The molecule has 0 aromatic heterocycles. The summed E-state index contributed by atoms with van der Waals surface area (Å²) in [6, 6.07) is 14.5. The van der Waals surface area contributed by atoms with Gasteiger partial charge in [0.15, 0.2) is 6.10 Å². The molecule has 34 heavy (non-hydrogen) atoms. The summed E-state index contributed by atoms with van der Waals surface area (Å²) in [6.45, 7) is 4.01. The van der Waals surface area contributed by atoms with Crippen molar-refractivity contribution < 1.29 is 29.0 Å². The fraction of sp³-hybridized carbons (Fsp3) is 0.346. The van der Waals surface area contributed by atoms with E-state index in [1.54, 1.807) is 6.08 Å². The first-order valence-electron chi connectivity index (χ1n) is 11.4. The van der Waals surface area contributed by atoms with Crippen LogP contribution in [0.5, 0.6) is 0 Å². The number of carbonyl (C=O) groups is 3. The average molecular weight is 465 g/mol. The summed E-state index contributed by atoms with van der Waals surface area (Å²) in [5.41, 5.74) is 4.49. The van der Waals surface area contributed by atoms with Crippen LogP contribution in [0.3, 0.4) is 0 Å². The van der Waals surface area contributed by atoms with Gasteiger partial charge in [-0.05, 0) is 41.5 Å². The largest absolute Gasteiger partial charge is 0.480 e. The smallest absolute Gasteiger partial charge is 0.407 e. The Bertz CT molecular complexity index is 1040. The maximum atomic E-state index is 12.6. The summed E-state index contributed by atoms with van der Waals surface area (Å²) in [5, 5.41) is 14.5. The number of ether oxygens (including phenoxy) is 2. The number of hydrogen-bond donors (Lipinski definition) is 3. The van der Waals surface area contributed by atoms with Crippen molar-refractivity contribution in [1.29, 1.82) is 0 Å². The molecule has 2 aromatic carbocycles. The molecule has 1 aliphatic carbocycles. The number of aliphatic carboxylic acids is 1. The van der Waals surface area contributed by atoms with Gasteiger partial charge in [0.25, 0.3) is 5.91 Å². The van der Waals surface area contributed by atoms with Crippen LogP contribution in [0.2, 0.25) is 0 Å². The van der Waals surface area contributed by atoms with Crippen molar-refractivity contribution in [2.45, 2.75) is 43.4 Å². The van der Waals surface area contributed by atoms with E-state index >= 15 is 0 Å². The van der Waals surface area contributed by atoms with Gasteiger partial charge < -0.3 is 25.2 Å². The number of fused-ring (bicyclic) bond motifs is 3. The van der Waals surface area contributed by atoms with E-state index in [2.05, 4.69) is 29.3 Å². The fourth-order valence-electron chi connectivity index (χ4n) is 4.58. The number of alkyl carbamates (subject to hydrolysis) is 1. The molecule has 1 saturated heterocycles. The quantitative estimate of drug-likeness (QED) is 0.491. The molecule has 0 saturated carbocycles. The van der Waals surface area contributed by atoms with Crippen LogP contribution in [0.1, 0.15) is 36.3 Å². The van der Waals surface area contributed by atoms with E-state index in [-0.39, 0.29) is 25.6 Å². The summed E-state index contributed by atoms with van der Waals surface area (Å²) < 4.78 is 11.0. The van der Waals surface area contributed by atoms with Gasteiger partial charge in [-0.1, -0.05) is 54.6 Å². The first-order chi connectivity index (χ1) is 16.5. The van der Waals surface area contributed by atoms with Crippen molar-refractivity contribution in [3.63, 3.8) is 0 Å². The molecule has 178 valence electrons. The van der Waals surface area contributed by atoms with Gasteiger partial charge in [-0.2, -0.15) is 0 Å². The van der Waals surface area contributed by atoms with Gasteiger partial charge in [0.05, 0.1) is 6.04 Å². The first kappa shape index (κ1) is 23.5. The van der Waals surface area contributed by atoms with Gasteiger partial charge in [0.2, 0.25) is 0 Å². The van der Waals surface area contributed by atoms with Gasteiger partial charge in [-0.15, -0.1) is 6.58 Å². The number of amides is 2. The lowest BCUT2D eigenvalue weighted by Gasteiger charge is -2.22. The molecule has 2 aliphatic rings. The van der Waals surface area contributed by atoms with Crippen molar-refractivity contribution in [1.82, 2.24) is 10.6 Å². The van der Waals surface area contributed by atoms with Gasteiger partial charge in [-0.25, -0.2) is 9.59 Å². The summed E-state index contributed by atoms with van der Waals surface area (Å²) in [4.78, 5) is 36.7.